The van der Waals surface area contributed by atoms with Crippen LogP contribution in [-0.2, 0) is 0 Å². The van der Waals surface area contributed by atoms with Crippen molar-refractivity contribution in [3.8, 4) is 0 Å². The van der Waals surface area contributed by atoms with Crippen LogP contribution in [0.25, 0.3) is 0 Å². The molecule has 0 saturated heterocycles. The van der Waals surface area contributed by atoms with Crippen LogP contribution >= 0.6 is 81.8 Å². The first-order valence-electron chi connectivity index (χ1n) is 0. The maximum Gasteiger partial charge on any atom is -0.147 e. The van der Waals surface area contributed by atoms with E-state index in [4.69, 9.17) is 0 Å². The molecule has 0 aromatic carbocycles. The first kappa shape index (κ1) is 120. The molecule has 0 saturated carbocycles. The van der Waals surface area contributed by atoms with Crippen LogP contribution in [0.3, 0.4) is 0 Å². The molecule has 0 fully saturated rings. The van der Waals surface area contributed by atoms with Gasteiger partial charge in [0, 0.05) is 0 Å². The van der Waals surface area contributed by atoms with E-state index in [0.717, 1.165) is 0 Å². The molecule has 0 N–H and O–H groups in total. The molecule has 0 amide bonds. The van der Waals surface area contributed by atoms with Crippen LogP contribution < -0.4 is 0 Å². The van der Waals surface area contributed by atoms with Gasteiger partial charge in [-0.25, -0.2) is 0 Å². The van der Waals surface area contributed by atoms with E-state index in [9.17, 15) is 0 Å². The second-order valence-electron chi connectivity index (χ2n) is 0. The molecule has 0 nitrogen and oxygen atoms in total. The molecule has 0 aliphatic carbocycles. The molecule has 0 radical (unpaired) electrons. The zero-order valence-corrected chi connectivity index (χ0v) is 10.4. The van der Waals surface area contributed by atoms with Gasteiger partial charge >= 0.3 is 0 Å². The Morgan fingerprint density at radius 1 is 0.286 bits per heavy atom. The largest absolute Gasteiger partial charge is 0.153 e. The molecule has 7 heteroatoms. The topological polar surface area (TPSA) is 0 Å². The summed E-state index contributed by atoms with van der Waals surface area (Å²) in [6, 6.07) is 0. The quantitative estimate of drug-likeness (QED) is 0.578. The van der Waals surface area contributed by atoms with E-state index in [2.05, 4.69) is 0 Å². The van der Waals surface area contributed by atoms with Gasteiger partial charge in [0.2, 0.25) is 0 Å². The molecule has 2 atom stereocenters. The highest BCUT2D eigenvalue weighted by Gasteiger charge is -0.142. The van der Waals surface area contributed by atoms with E-state index in [-0.39, 0.29) is 81.8 Å². The average Bonchev–Trinajstić information content (AvgIpc) is 0. The fraction of sp³-hybridized carbons (Fsp3) is 0. The molecule has 0 bridgehead atoms. The summed E-state index contributed by atoms with van der Waals surface area (Å²) in [6.45, 7) is 0. The lowest BCUT2D eigenvalue weighted by molar-refractivity contribution is 5.85. The van der Waals surface area contributed by atoms with Gasteiger partial charge in [0.25, 0.3) is 0 Å². The van der Waals surface area contributed by atoms with Crippen LogP contribution in [0.4, 0.5) is 0 Å². The Bertz CT molecular complexity index is 6.04. The van der Waals surface area contributed by atoms with Gasteiger partial charge in [0.15, 0.2) is 0 Å². The Labute approximate surface area is 81.6 Å². The van der Waals surface area contributed by atoms with Crippen molar-refractivity contribution in [3.05, 3.63) is 0 Å². The summed E-state index contributed by atoms with van der Waals surface area (Å²) in [5.41, 5.74) is 0. The number of hydrogen-bond acceptors (Lipinski definition) is 0. The van der Waals surface area contributed by atoms with Gasteiger partial charge in [-0.1, -0.05) is 0 Å². The van der Waals surface area contributed by atoms with Crippen molar-refractivity contribution in [2.45, 2.75) is 0 Å². The minimum absolute atomic E-state index is 0. The third kappa shape index (κ3) is 62.0. The van der Waals surface area contributed by atoms with E-state index in [1.54, 1.807) is 0 Å². The third-order valence-corrected chi connectivity index (χ3v) is 0. The van der Waals surface area contributed by atoms with Gasteiger partial charge in [-0.3, -0.25) is 0 Å². The molecule has 0 heterocycles. The van der Waals surface area contributed by atoms with Crippen molar-refractivity contribution in [3.63, 3.8) is 0 Å². The minimum atomic E-state index is 0. The van der Waals surface area contributed by atoms with Gasteiger partial charge in [-0.15, -0.1) is 62.0 Å². The van der Waals surface area contributed by atoms with Crippen LogP contribution in [0, 0.1) is 0 Å². The van der Waals surface area contributed by atoms with E-state index in [0.29, 0.717) is 0 Å². The minimum Gasteiger partial charge on any atom is -0.153 e. The van der Waals surface area contributed by atoms with E-state index < -0.39 is 0 Å². The standard InChI is InChI=1S/5ClH.2H3P/h5*1H;2*1H3. The molecule has 0 aromatic rings. The molecule has 0 rings (SSSR count). The first-order valence-corrected chi connectivity index (χ1v) is 0. The highest BCUT2D eigenvalue weighted by atomic mass is 35.5. The van der Waals surface area contributed by atoms with Crippen molar-refractivity contribution >= 4 is 81.8 Å². The summed E-state index contributed by atoms with van der Waals surface area (Å²) >= 11 is 0. The first-order chi connectivity index (χ1) is 0. The lowest BCUT2D eigenvalue weighted by Crippen LogP contribution is 0.689. The smallest absolute Gasteiger partial charge is 0.147 e. The monoisotopic (exact) mass is 248 g/mol. The Kier molecular flexibility index (Phi) is 1430. The Hall–Kier alpha value is 2.31. The second kappa shape index (κ2) is 83.2. The summed E-state index contributed by atoms with van der Waals surface area (Å²) in [5.74, 6) is 0. The second-order valence-corrected chi connectivity index (χ2v) is 0. The van der Waals surface area contributed by atoms with Crippen molar-refractivity contribution < 1.29 is 0 Å². The molecule has 7 heavy (non-hydrogen) atoms. The van der Waals surface area contributed by atoms with Crippen LogP contribution in [0.5, 0.6) is 0 Å². The lowest BCUT2D eigenvalue weighted by Gasteiger charge is -0.154. The molecule has 56 valence electrons. The normalized spacial score (nSPS) is 0. The van der Waals surface area contributed by atoms with Gasteiger partial charge < -0.3 is 0 Å². The highest BCUT2D eigenvalue weighted by molar-refractivity contribution is 6.92. The molecule has 0 aromatic heterocycles. The van der Waals surface area contributed by atoms with Crippen molar-refractivity contribution in [2.24, 2.45) is 0 Å². The van der Waals surface area contributed by atoms with Gasteiger partial charge in [-0.2, -0.15) is 19.8 Å². The SMILES string of the molecule is Cl.Cl.Cl.Cl.Cl.P.P. The van der Waals surface area contributed by atoms with Gasteiger partial charge in [-0.05, 0) is 0 Å². The Morgan fingerprint density at radius 3 is 0.286 bits per heavy atom. The summed E-state index contributed by atoms with van der Waals surface area (Å²) in [5, 5.41) is 0. The molecule has 0 aliphatic heterocycles. The molecule has 0 aliphatic rings. The lowest BCUT2D eigenvalue weighted by atomic mass is 31.0. The predicted octanol–water partition coefficient (Wildman–Crippen LogP) is 2.23. The summed E-state index contributed by atoms with van der Waals surface area (Å²) in [4.78, 5) is 0. The van der Waals surface area contributed by atoms with Crippen LogP contribution in [0.1, 0.15) is 0 Å². The fourth-order valence-electron chi connectivity index (χ4n) is 0. The van der Waals surface area contributed by atoms with Crippen molar-refractivity contribution in [1.82, 2.24) is 0 Å². The molecular weight excluding hydrogens is 239 g/mol. The van der Waals surface area contributed by atoms with Gasteiger partial charge in [0.1, 0.15) is 0 Å². The van der Waals surface area contributed by atoms with Crippen LogP contribution in [0.15, 0.2) is 0 Å². The number of halogens is 5. The third-order valence-electron chi connectivity index (χ3n) is 0. The van der Waals surface area contributed by atoms with Crippen LogP contribution in [-0.4, -0.2) is 0 Å². The Balaban J connectivity index is 0. The van der Waals surface area contributed by atoms with Crippen LogP contribution in [0.2, 0.25) is 0 Å². The maximum absolute atomic E-state index is 0. The zero-order chi connectivity index (χ0) is 0. The van der Waals surface area contributed by atoms with E-state index >= 15 is 0 Å². The van der Waals surface area contributed by atoms with E-state index in [1.807, 2.05) is 0 Å². The maximum atomic E-state index is 0. The molecule has 0 spiro atoms. The number of hydrogen-bond donors (Lipinski definition) is 0. The average molecular weight is 250 g/mol. The van der Waals surface area contributed by atoms with Crippen molar-refractivity contribution in [2.75, 3.05) is 0 Å². The highest BCUT2D eigenvalue weighted by Crippen LogP contribution is 0.862. The van der Waals surface area contributed by atoms with Crippen molar-refractivity contribution in [1.29, 1.82) is 0 Å². The number of rotatable bonds is 0. The molecule has 2 unspecified atom stereocenters. The Morgan fingerprint density at radius 2 is 0.286 bits per heavy atom. The van der Waals surface area contributed by atoms with E-state index in [1.165, 1.54) is 0 Å². The summed E-state index contributed by atoms with van der Waals surface area (Å²) < 4.78 is 0. The summed E-state index contributed by atoms with van der Waals surface area (Å²) in [6.07, 6.45) is 0. The predicted molar refractivity (Wildman–Crippen MR) is 58.5 cm³/mol. The zero-order valence-electron chi connectivity index (χ0n) is 3.46. The molecular formula is H11Cl5P2. The fourth-order valence-corrected chi connectivity index (χ4v) is 0. The summed E-state index contributed by atoms with van der Waals surface area (Å²) in [7, 11) is 0. The van der Waals surface area contributed by atoms with Gasteiger partial charge in [0.05, 0.1) is 0 Å².